The Hall–Kier alpha value is -2.27. The number of benzene rings is 2. The minimum absolute atomic E-state index is 0.0794. The number of nitrogens with zero attached hydrogens (tertiary/aromatic N) is 1. The molecule has 0 heterocycles. The zero-order valence-electron chi connectivity index (χ0n) is 11.8. The molecule has 2 aromatic rings. The van der Waals surface area contributed by atoms with Gasteiger partial charge in [0.2, 0.25) is 0 Å². The number of nitro benzene ring substituents is 1. The van der Waals surface area contributed by atoms with Crippen molar-refractivity contribution >= 4 is 5.69 Å². The van der Waals surface area contributed by atoms with Crippen molar-refractivity contribution in [3.8, 4) is 0 Å². The first-order valence-electron chi connectivity index (χ1n) is 6.79. The van der Waals surface area contributed by atoms with Crippen molar-refractivity contribution in [2.75, 3.05) is 6.54 Å². The average molecular weight is 288 g/mol. The third-order valence-electron chi connectivity index (χ3n) is 3.38. The second kappa shape index (κ2) is 6.95. The van der Waals surface area contributed by atoms with Crippen LogP contribution < -0.4 is 5.32 Å². The monoisotopic (exact) mass is 288 g/mol. The van der Waals surface area contributed by atoms with Gasteiger partial charge >= 0.3 is 0 Å². The Balaban J connectivity index is 1.86. The number of non-ortho nitro benzene ring substituents is 1. The van der Waals surface area contributed by atoms with Crippen LogP contribution in [0.15, 0.2) is 48.5 Å². The van der Waals surface area contributed by atoms with Gasteiger partial charge in [-0.25, -0.2) is 4.39 Å². The fourth-order valence-electron chi connectivity index (χ4n) is 2.15. The van der Waals surface area contributed by atoms with Gasteiger partial charge in [-0.3, -0.25) is 10.1 Å². The summed E-state index contributed by atoms with van der Waals surface area (Å²) in [4.78, 5) is 10.1. The number of hydrogen-bond donors (Lipinski definition) is 1. The predicted molar refractivity (Wildman–Crippen MR) is 79.6 cm³/mol. The average Bonchev–Trinajstić information content (AvgIpc) is 2.48. The summed E-state index contributed by atoms with van der Waals surface area (Å²) < 4.78 is 13.6. The molecule has 0 unspecified atom stereocenters. The second-order valence-electron chi connectivity index (χ2n) is 4.87. The van der Waals surface area contributed by atoms with Gasteiger partial charge in [-0.2, -0.15) is 0 Å². The highest BCUT2D eigenvalue weighted by molar-refractivity contribution is 5.33. The van der Waals surface area contributed by atoms with E-state index in [2.05, 4.69) is 5.32 Å². The Labute approximate surface area is 122 Å². The molecule has 0 aliphatic rings. The molecular weight excluding hydrogens is 271 g/mol. The molecule has 0 fully saturated rings. The van der Waals surface area contributed by atoms with Crippen LogP contribution in [0.4, 0.5) is 10.1 Å². The van der Waals surface area contributed by atoms with E-state index in [4.69, 9.17) is 0 Å². The summed E-state index contributed by atoms with van der Waals surface area (Å²) in [6.45, 7) is 2.58. The summed E-state index contributed by atoms with van der Waals surface area (Å²) in [6, 6.07) is 13.1. The smallest absolute Gasteiger partial charge is 0.269 e. The molecule has 0 saturated carbocycles. The third kappa shape index (κ3) is 4.10. The van der Waals surface area contributed by atoms with Crippen LogP contribution in [-0.4, -0.2) is 11.5 Å². The van der Waals surface area contributed by atoms with Crippen LogP contribution in [0.25, 0.3) is 0 Å². The number of hydrogen-bond acceptors (Lipinski definition) is 3. The van der Waals surface area contributed by atoms with Crippen LogP contribution >= 0.6 is 0 Å². The minimum atomic E-state index is -0.414. The summed E-state index contributed by atoms with van der Waals surface area (Å²) in [5.74, 6) is -0.215. The lowest BCUT2D eigenvalue weighted by molar-refractivity contribution is -0.384. The van der Waals surface area contributed by atoms with E-state index in [0.29, 0.717) is 12.1 Å². The molecule has 2 aromatic carbocycles. The van der Waals surface area contributed by atoms with Crippen LogP contribution in [0.1, 0.15) is 24.1 Å². The summed E-state index contributed by atoms with van der Waals surface area (Å²) in [5.41, 5.74) is 1.74. The van der Waals surface area contributed by atoms with Crippen LogP contribution in [-0.2, 0) is 6.42 Å². The lowest BCUT2D eigenvalue weighted by Gasteiger charge is -2.14. The van der Waals surface area contributed by atoms with Gasteiger partial charge in [0, 0.05) is 23.7 Å². The first-order chi connectivity index (χ1) is 10.1. The molecular formula is C16H17FN2O2. The van der Waals surface area contributed by atoms with E-state index in [9.17, 15) is 14.5 Å². The maximum absolute atomic E-state index is 13.6. The summed E-state index contributed by atoms with van der Waals surface area (Å²) in [5, 5.41) is 13.8. The molecule has 2 rings (SSSR count). The SMILES string of the molecule is C[C@@H](NCCc1ccc([N+](=O)[O-])cc1)c1ccccc1F. The van der Waals surface area contributed by atoms with Crippen LogP contribution in [0.2, 0.25) is 0 Å². The highest BCUT2D eigenvalue weighted by Crippen LogP contribution is 2.16. The molecule has 0 spiro atoms. The number of nitrogens with one attached hydrogen (secondary N) is 1. The molecule has 0 aliphatic carbocycles. The van der Waals surface area contributed by atoms with E-state index >= 15 is 0 Å². The van der Waals surface area contributed by atoms with Crippen molar-refractivity contribution in [1.82, 2.24) is 5.32 Å². The van der Waals surface area contributed by atoms with Gasteiger partial charge in [-0.1, -0.05) is 30.3 Å². The van der Waals surface area contributed by atoms with E-state index in [1.54, 1.807) is 24.3 Å². The fourth-order valence-corrected chi connectivity index (χ4v) is 2.15. The van der Waals surface area contributed by atoms with Crippen molar-refractivity contribution in [3.05, 3.63) is 75.6 Å². The van der Waals surface area contributed by atoms with Gasteiger partial charge in [0.15, 0.2) is 0 Å². The van der Waals surface area contributed by atoms with Crippen LogP contribution in [0.3, 0.4) is 0 Å². The molecule has 0 radical (unpaired) electrons. The molecule has 0 saturated heterocycles. The Kier molecular flexibility index (Phi) is 5.00. The normalized spacial score (nSPS) is 12.1. The lowest BCUT2D eigenvalue weighted by atomic mass is 10.1. The van der Waals surface area contributed by atoms with Gasteiger partial charge < -0.3 is 5.32 Å². The Morgan fingerprint density at radius 3 is 2.48 bits per heavy atom. The molecule has 110 valence electrons. The third-order valence-corrected chi connectivity index (χ3v) is 3.38. The van der Waals surface area contributed by atoms with Gasteiger partial charge in [-0.15, -0.1) is 0 Å². The molecule has 0 bridgehead atoms. The van der Waals surface area contributed by atoms with E-state index in [1.165, 1.54) is 18.2 Å². The van der Waals surface area contributed by atoms with E-state index < -0.39 is 4.92 Å². The zero-order valence-corrected chi connectivity index (χ0v) is 11.8. The highest BCUT2D eigenvalue weighted by atomic mass is 19.1. The van der Waals surface area contributed by atoms with E-state index in [-0.39, 0.29) is 17.5 Å². The maximum Gasteiger partial charge on any atom is 0.269 e. The van der Waals surface area contributed by atoms with Crippen LogP contribution in [0.5, 0.6) is 0 Å². The molecule has 4 nitrogen and oxygen atoms in total. The topological polar surface area (TPSA) is 55.2 Å². The Morgan fingerprint density at radius 1 is 1.19 bits per heavy atom. The van der Waals surface area contributed by atoms with Crippen molar-refractivity contribution in [3.63, 3.8) is 0 Å². The minimum Gasteiger partial charge on any atom is -0.310 e. The summed E-state index contributed by atoms with van der Waals surface area (Å²) >= 11 is 0. The van der Waals surface area contributed by atoms with Gasteiger partial charge in [0.05, 0.1) is 4.92 Å². The number of nitro groups is 1. The van der Waals surface area contributed by atoms with Gasteiger partial charge in [-0.05, 0) is 31.5 Å². The summed E-state index contributed by atoms with van der Waals surface area (Å²) in [6.07, 6.45) is 0.733. The van der Waals surface area contributed by atoms with Crippen molar-refractivity contribution in [1.29, 1.82) is 0 Å². The fraction of sp³-hybridized carbons (Fsp3) is 0.250. The standard InChI is InChI=1S/C16H17FN2O2/c1-12(15-4-2-3-5-16(15)17)18-11-10-13-6-8-14(9-7-13)19(20)21/h2-9,12,18H,10-11H2,1H3/t12-/m1/s1. The molecule has 0 aliphatic heterocycles. The van der Waals surface area contributed by atoms with Crippen molar-refractivity contribution in [2.45, 2.75) is 19.4 Å². The molecule has 0 aromatic heterocycles. The lowest BCUT2D eigenvalue weighted by Crippen LogP contribution is -2.22. The largest absolute Gasteiger partial charge is 0.310 e. The number of halogens is 1. The predicted octanol–water partition coefficient (Wildman–Crippen LogP) is 3.63. The first kappa shape index (κ1) is 15.1. The van der Waals surface area contributed by atoms with E-state index in [0.717, 1.165) is 12.0 Å². The van der Waals surface area contributed by atoms with Gasteiger partial charge in [0.1, 0.15) is 5.82 Å². The molecule has 1 atom stereocenters. The summed E-state index contributed by atoms with van der Waals surface area (Å²) in [7, 11) is 0. The molecule has 0 amide bonds. The van der Waals surface area contributed by atoms with Crippen molar-refractivity contribution in [2.24, 2.45) is 0 Å². The quantitative estimate of drug-likeness (QED) is 0.652. The Bertz CT molecular complexity index is 614. The van der Waals surface area contributed by atoms with Crippen LogP contribution in [0, 0.1) is 15.9 Å². The maximum atomic E-state index is 13.6. The number of rotatable bonds is 6. The van der Waals surface area contributed by atoms with Crippen molar-refractivity contribution < 1.29 is 9.31 Å². The van der Waals surface area contributed by atoms with Gasteiger partial charge in [0.25, 0.3) is 5.69 Å². The van der Waals surface area contributed by atoms with E-state index in [1.807, 2.05) is 13.0 Å². The highest BCUT2D eigenvalue weighted by Gasteiger charge is 2.09. The Morgan fingerprint density at radius 2 is 1.86 bits per heavy atom. The first-order valence-corrected chi connectivity index (χ1v) is 6.79. The molecule has 1 N–H and O–H groups in total. The second-order valence-corrected chi connectivity index (χ2v) is 4.87. The molecule has 5 heteroatoms. The molecule has 21 heavy (non-hydrogen) atoms. The zero-order chi connectivity index (χ0) is 15.2.